The Bertz CT molecular complexity index is 866. The topological polar surface area (TPSA) is 30.7 Å². The molecule has 0 unspecified atom stereocenters. The van der Waals surface area contributed by atoms with Crippen molar-refractivity contribution in [3.05, 3.63) is 28.9 Å². The van der Waals surface area contributed by atoms with Gasteiger partial charge in [-0.3, -0.25) is 0 Å². The lowest BCUT2D eigenvalue weighted by atomic mass is 10.3. The number of hydrogen-bond donors (Lipinski definition) is 0. The van der Waals surface area contributed by atoms with E-state index in [1.807, 2.05) is 20.8 Å². The van der Waals surface area contributed by atoms with Crippen LogP contribution in [0.1, 0.15) is 31.3 Å². The fourth-order valence-corrected chi connectivity index (χ4v) is 4.46. The lowest BCUT2D eigenvalue weighted by Gasteiger charge is -2.05. The van der Waals surface area contributed by atoms with Gasteiger partial charge in [-0.2, -0.15) is 13.2 Å². The van der Waals surface area contributed by atoms with E-state index in [0.29, 0.717) is 16.9 Å². The Balaban J connectivity index is 0.00000109. The highest BCUT2D eigenvalue weighted by molar-refractivity contribution is 7.99. The molecule has 0 amide bonds. The number of imidazole rings is 1. The molecule has 0 bridgehead atoms. The van der Waals surface area contributed by atoms with Gasteiger partial charge in [0.05, 0.1) is 22.1 Å². The molecule has 0 radical (unpaired) electrons. The molecule has 3 nitrogen and oxygen atoms in total. The van der Waals surface area contributed by atoms with Crippen molar-refractivity contribution in [1.29, 1.82) is 0 Å². The number of fused-ring (bicyclic) bond motifs is 1. The third-order valence-electron chi connectivity index (χ3n) is 3.38. The van der Waals surface area contributed by atoms with Gasteiger partial charge in [-0.15, -0.1) is 23.1 Å². The fraction of sp³-hybridized carbons (Fsp3) is 0.412. The standard InChI is InChI=1S/C15H14F3N3S2.C2H6/c1-4-22-11-5-8(2)23-13(11)14-20-9-6-12(15(16,17)18)19-7-10(9)21(14)3;1-2/h5-7H,4H2,1-3H3;1-2H3. The minimum atomic E-state index is -4.46. The van der Waals surface area contributed by atoms with E-state index in [9.17, 15) is 13.2 Å². The number of rotatable bonds is 3. The van der Waals surface area contributed by atoms with Crippen LogP contribution in [0.15, 0.2) is 23.2 Å². The van der Waals surface area contributed by atoms with Crippen LogP contribution in [0.25, 0.3) is 21.7 Å². The van der Waals surface area contributed by atoms with Gasteiger partial charge in [0, 0.05) is 16.8 Å². The maximum atomic E-state index is 12.8. The van der Waals surface area contributed by atoms with Crippen molar-refractivity contribution < 1.29 is 13.2 Å². The van der Waals surface area contributed by atoms with Crippen LogP contribution >= 0.6 is 23.1 Å². The molecule has 0 N–H and O–H groups in total. The molecule has 0 aromatic carbocycles. The predicted octanol–water partition coefficient (Wildman–Crippen LogP) is 6.16. The summed E-state index contributed by atoms with van der Waals surface area (Å²) in [5.41, 5.74) is -0.0185. The molecule has 0 spiro atoms. The van der Waals surface area contributed by atoms with E-state index in [4.69, 9.17) is 0 Å². The van der Waals surface area contributed by atoms with Crippen LogP contribution in [0.4, 0.5) is 13.2 Å². The number of pyridine rings is 1. The quantitative estimate of drug-likeness (QED) is 0.504. The van der Waals surface area contributed by atoms with Crippen LogP contribution in [-0.4, -0.2) is 20.3 Å². The minimum Gasteiger partial charge on any atom is -0.325 e. The first-order valence-electron chi connectivity index (χ1n) is 7.94. The van der Waals surface area contributed by atoms with E-state index in [0.717, 1.165) is 26.5 Å². The molecular weight excluding hydrogens is 367 g/mol. The molecule has 136 valence electrons. The van der Waals surface area contributed by atoms with E-state index in [2.05, 4.69) is 23.0 Å². The summed E-state index contributed by atoms with van der Waals surface area (Å²) in [6.07, 6.45) is -3.23. The number of alkyl halides is 3. The molecule has 8 heteroatoms. The number of halogens is 3. The zero-order valence-corrected chi connectivity index (χ0v) is 16.4. The Morgan fingerprint density at radius 1 is 1.24 bits per heavy atom. The Hall–Kier alpha value is -1.54. The van der Waals surface area contributed by atoms with E-state index in [-0.39, 0.29) is 0 Å². The van der Waals surface area contributed by atoms with Crippen molar-refractivity contribution in [2.75, 3.05) is 5.75 Å². The van der Waals surface area contributed by atoms with E-state index in [1.54, 1.807) is 34.7 Å². The molecule has 0 saturated heterocycles. The highest BCUT2D eigenvalue weighted by Crippen LogP contribution is 2.39. The van der Waals surface area contributed by atoms with Gasteiger partial charge >= 0.3 is 6.18 Å². The number of thioether (sulfide) groups is 1. The van der Waals surface area contributed by atoms with Crippen molar-refractivity contribution in [3.63, 3.8) is 0 Å². The average molecular weight is 387 g/mol. The van der Waals surface area contributed by atoms with Crippen LogP contribution in [0.3, 0.4) is 0 Å². The Morgan fingerprint density at radius 3 is 2.52 bits per heavy atom. The Morgan fingerprint density at radius 2 is 1.92 bits per heavy atom. The first-order valence-corrected chi connectivity index (χ1v) is 9.74. The van der Waals surface area contributed by atoms with Crippen LogP contribution < -0.4 is 0 Å². The van der Waals surface area contributed by atoms with Gasteiger partial charge in [0.25, 0.3) is 0 Å². The van der Waals surface area contributed by atoms with Crippen LogP contribution in [0.5, 0.6) is 0 Å². The number of hydrogen-bond acceptors (Lipinski definition) is 4. The van der Waals surface area contributed by atoms with E-state index >= 15 is 0 Å². The van der Waals surface area contributed by atoms with Crippen molar-refractivity contribution >= 4 is 34.1 Å². The van der Waals surface area contributed by atoms with Gasteiger partial charge in [-0.1, -0.05) is 20.8 Å². The maximum absolute atomic E-state index is 12.8. The number of aromatic nitrogens is 3. The maximum Gasteiger partial charge on any atom is 0.433 e. The molecular formula is C17H20F3N3S2. The van der Waals surface area contributed by atoms with Gasteiger partial charge in [0.1, 0.15) is 5.69 Å². The summed E-state index contributed by atoms with van der Waals surface area (Å²) in [5.74, 6) is 1.60. The second kappa shape index (κ2) is 7.78. The smallest absolute Gasteiger partial charge is 0.325 e. The van der Waals surface area contributed by atoms with Crippen molar-refractivity contribution in [1.82, 2.24) is 14.5 Å². The lowest BCUT2D eigenvalue weighted by Crippen LogP contribution is -2.07. The summed E-state index contributed by atoms with van der Waals surface area (Å²) in [6.45, 7) is 8.08. The predicted molar refractivity (Wildman–Crippen MR) is 99.3 cm³/mol. The monoisotopic (exact) mass is 387 g/mol. The SMILES string of the molecule is CC.CCSc1cc(C)sc1-c1nc2cc(C(F)(F)F)ncc2n1C. The number of aryl methyl sites for hydroxylation is 2. The number of nitrogens with zero attached hydrogens (tertiary/aromatic N) is 3. The second-order valence-corrected chi connectivity index (χ2v) is 7.60. The largest absolute Gasteiger partial charge is 0.433 e. The van der Waals surface area contributed by atoms with Crippen molar-refractivity contribution in [2.45, 2.75) is 38.8 Å². The molecule has 25 heavy (non-hydrogen) atoms. The summed E-state index contributed by atoms with van der Waals surface area (Å²) in [4.78, 5) is 11.2. The van der Waals surface area contributed by atoms with Crippen LogP contribution in [0.2, 0.25) is 0 Å². The summed E-state index contributed by atoms with van der Waals surface area (Å²) in [6, 6.07) is 3.10. The summed E-state index contributed by atoms with van der Waals surface area (Å²) in [7, 11) is 1.80. The van der Waals surface area contributed by atoms with Crippen LogP contribution in [-0.2, 0) is 13.2 Å². The molecule has 0 saturated carbocycles. The molecule has 0 aliphatic heterocycles. The van der Waals surface area contributed by atoms with E-state index in [1.165, 1.54) is 6.20 Å². The van der Waals surface area contributed by atoms with Gasteiger partial charge in [-0.05, 0) is 24.8 Å². The van der Waals surface area contributed by atoms with Crippen molar-refractivity contribution in [3.8, 4) is 10.7 Å². The zero-order chi connectivity index (χ0) is 18.8. The molecule has 3 aromatic rings. The molecule has 3 heterocycles. The third kappa shape index (κ3) is 4.00. The summed E-state index contributed by atoms with van der Waals surface area (Å²) >= 11 is 3.30. The first-order chi connectivity index (χ1) is 11.8. The van der Waals surface area contributed by atoms with Crippen molar-refractivity contribution in [2.24, 2.45) is 7.05 Å². The minimum absolute atomic E-state index is 0.309. The highest BCUT2D eigenvalue weighted by atomic mass is 32.2. The molecule has 0 aliphatic rings. The summed E-state index contributed by atoms with van der Waals surface area (Å²) < 4.78 is 40.2. The summed E-state index contributed by atoms with van der Waals surface area (Å²) in [5, 5.41) is 0. The molecule has 3 rings (SSSR count). The van der Waals surface area contributed by atoms with Gasteiger partial charge in [0.15, 0.2) is 5.82 Å². The first kappa shape index (κ1) is 19.8. The highest BCUT2D eigenvalue weighted by Gasteiger charge is 2.33. The molecule has 0 fully saturated rings. The molecule has 0 aliphatic carbocycles. The van der Waals surface area contributed by atoms with E-state index < -0.39 is 11.9 Å². The zero-order valence-electron chi connectivity index (χ0n) is 14.7. The average Bonchev–Trinajstić information content (AvgIpc) is 3.09. The number of thiophene rings is 1. The Labute approximate surface area is 153 Å². The third-order valence-corrected chi connectivity index (χ3v) is 5.48. The Kier molecular flexibility index (Phi) is 6.16. The van der Waals surface area contributed by atoms with Crippen LogP contribution in [0, 0.1) is 6.92 Å². The second-order valence-electron chi connectivity index (χ2n) is 5.03. The van der Waals surface area contributed by atoms with Gasteiger partial charge < -0.3 is 4.57 Å². The van der Waals surface area contributed by atoms with Gasteiger partial charge in [0.2, 0.25) is 0 Å². The normalized spacial score (nSPS) is 11.5. The lowest BCUT2D eigenvalue weighted by molar-refractivity contribution is -0.141. The van der Waals surface area contributed by atoms with Gasteiger partial charge in [-0.25, -0.2) is 9.97 Å². The molecule has 3 aromatic heterocycles. The molecule has 0 atom stereocenters. The fourth-order valence-electron chi connectivity index (χ4n) is 2.36.